The Labute approximate surface area is 144 Å². The number of phenols is 1. The van der Waals surface area contributed by atoms with E-state index in [1.165, 1.54) is 23.9 Å². The largest absolute Gasteiger partial charge is 0.508 e. The van der Waals surface area contributed by atoms with Crippen LogP contribution in [-0.4, -0.2) is 13.5 Å². The fourth-order valence-corrected chi connectivity index (χ4v) is 3.74. The molecule has 0 amide bonds. The molecule has 3 aromatic carbocycles. The zero-order valence-electron chi connectivity index (χ0n) is 12.5. The fraction of sp³-hybridized carbons (Fsp3) is 0. The number of benzene rings is 3. The molecule has 1 N–H and O–H groups in total. The summed E-state index contributed by atoms with van der Waals surface area (Å²) in [6.45, 7) is 0. The van der Waals surface area contributed by atoms with Crippen LogP contribution in [0.5, 0.6) is 11.5 Å². The third-order valence-corrected chi connectivity index (χ3v) is 5.41. The number of phenolic OH excluding ortho intramolecular Hbond substituents is 1. The van der Waals surface area contributed by atoms with Crippen LogP contribution in [0.1, 0.15) is 0 Å². The quantitative estimate of drug-likeness (QED) is 0.689. The molecule has 0 atom stereocenters. The lowest BCUT2D eigenvalue weighted by atomic mass is 10.3. The van der Waals surface area contributed by atoms with Crippen LogP contribution in [0.25, 0.3) is 0 Å². The van der Waals surface area contributed by atoms with E-state index < -0.39 is 10.1 Å². The Bertz CT molecular complexity index is 903. The van der Waals surface area contributed by atoms with Crippen LogP contribution in [0.2, 0.25) is 0 Å². The minimum Gasteiger partial charge on any atom is -0.508 e. The summed E-state index contributed by atoms with van der Waals surface area (Å²) in [5.41, 5.74) is 0. The van der Waals surface area contributed by atoms with E-state index in [1.807, 2.05) is 12.1 Å². The summed E-state index contributed by atoms with van der Waals surface area (Å²) in [5, 5.41) is 9.28. The first-order chi connectivity index (χ1) is 11.5. The van der Waals surface area contributed by atoms with E-state index in [0.29, 0.717) is 0 Å². The van der Waals surface area contributed by atoms with Gasteiger partial charge in [0, 0.05) is 9.79 Å². The van der Waals surface area contributed by atoms with E-state index in [4.69, 9.17) is 4.18 Å². The molecule has 0 aromatic heterocycles. The average molecular weight is 358 g/mol. The second kappa shape index (κ2) is 6.98. The topological polar surface area (TPSA) is 63.6 Å². The average Bonchev–Trinajstić information content (AvgIpc) is 2.59. The normalized spacial score (nSPS) is 11.2. The van der Waals surface area contributed by atoms with Gasteiger partial charge in [0.1, 0.15) is 16.4 Å². The smallest absolute Gasteiger partial charge is 0.339 e. The van der Waals surface area contributed by atoms with Crippen LogP contribution in [0.15, 0.2) is 93.5 Å². The van der Waals surface area contributed by atoms with Gasteiger partial charge in [0.15, 0.2) is 0 Å². The molecule has 6 heteroatoms. The Morgan fingerprint density at radius 3 is 1.88 bits per heavy atom. The van der Waals surface area contributed by atoms with Gasteiger partial charge in [0.2, 0.25) is 0 Å². The molecular weight excluding hydrogens is 344 g/mol. The van der Waals surface area contributed by atoms with E-state index in [-0.39, 0.29) is 16.4 Å². The maximum Gasteiger partial charge on any atom is 0.339 e. The predicted octanol–water partition coefficient (Wildman–Crippen LogP) is 4.31. The van der Waals surface area contributed by atoms with Crippen molar-refractivity contribution in [1.82, 2.24) is 0 Å². The first-order valence-electron chi connectivity index (χ1n) is 7.09. The van der Waals surface area contributed by atoms with Gasteiger partial charge in [0.05, 0.1) is 0 Å². The Morgan fingerprint density at radius 2 is 1.29 bits per heavy atom. The van der Waals surface area contributed by atoms with Crippen molar-refractivity contribution in [2.24, 2.45) is 0 Å². The van der Waals surface area contributed by atoms with Gasteiger partial charge in [-0.05, 0) is 60.7 Å². The van der Waals surface area contributed by atoms with E-state index in [2.05, 4.69) is 0 Å². The SMILES string of the molecule is O=S(=O)(Oc1ccc(Sc2ccc(O)cc2)cc1)c1ccccc1. The van der Waals surface area contributed by atoms with Crippen molar-refractivity contribution in [1.29, 1.82) is 0 Å². The molecule has 0 aliphatic rings. The van der Waals surface area contributed by atoms with E-state index in [9.17, 15) is 13.5 Å². The molecule has 0 aliphatic carbocycles. The van der Waals surface area contributed by atoms with Gasteiger partial charge in [0.25, 0.3) is 0 Å². The third kappa shape index (κ3) is 4.10. The van der Waals surface area contributed by atoms with Crippen LogP contribution in [0.3, 0.4) is 0 Å². The predicted molar refractivity (Wildman–Crippen MR) is 92.9 cm³/mol. The highest BCUT2D eigenvalue weighted by molar-refractivity contribution is 7.99. The number of aromatic hydroxyl groups is 1. The molecule has 0 fully saturated rings. The molecule has 0 unspecified atom stereocenters. The lowest BCUT2D eigenvalue weighted by Crippen LogP contribution is -2.09. The van der Waals surface area contributed by atoms with Crippen molar-refractivity contribution in [3.05, 3.63) is 78.9 Å². The van der Waals surface area contributed by atoms with E-state index in [0.717, 1.165) is 9.79 Å². The Balaban J connectivity index is 1.72. The van der Waals surface area contributed by atoms with Crippen LogP contribution in [0.4, 0.5) is 0 Å². The minimum absolute atomic E-state index is 0.118. The Kier molecular flexibility index (Phi) is 4.78. The summed E-state index contributed by atoms with van der Waals surface area (Å²) < 4.78 is 29.5. The maximum atomic E-state index is 12.2. The van der Waals surface area contributed by atoms with Gasteiger partial charge in [-0.2, -0.15) is 8.42 Å². The highest BCUT2D eigenvalue weighted by Crippen LogP contribution is 2.30. The summed E-state index contributed by atoms with van der Waals surface area (Å²) in [7, 11) is -3.82. The lowest BCUT2D eigenvalue weighted by molar-refractivity contribution is 0.475. The molecular formula is C18H14O4S2. The molecule has 0 saturated heterocycles. The van der Waals surface area contributed by atoms with Crippen LogP contribution in [0, 0.1) is 0 Å². The van der Waals surface area contributed by atoms with Crippen LogP contribution < -0.4 is 4.18 Å². The van der Waals surface area contributed by atoms with Gasteiger partial charge in [-0.15, -0.1) is 0 Å². The number of rotatable bonds is 5. The highest BCUT2D eigenvalue weighted by Gasteiger charge is 2.15. The van der Waals surface area contributed by atoms with Gasteiger partial charge in [-0.3, -0.25) is 0 Å². The molecule has 0 heterocycles. The van der Waals surface area contributed by atoms with Gasteiger partial charge in [-0.1, -0.05) is 30.0 Å². The maximum absolute atomic E-state index is 12.2. The third-order valence-electron chi connectivity index (χ3n) is 3.13. The molecule has 3 aromatic rings. The van der Waals surface area contributed by atoms with Crippen molar-refractivity contribution in [3.63, 3.8) is 0 Å². The first kappa shape index (κ1) is 16.4. The monoisotopic (exact) mass is 358 g/mol. The molecule has 122 valence electrons. The van der Waals surface area contributed by atoms with Crippen molar-refractivity contribution in [2.45, 2.75) is 14.7 Å². The van der Waals surface area contributed by atoms with Crippen LogP contribution in [-0.2, 0) is 10.1 Å². The standard InChI is InChI=1S/C18H14O4S2/c19-14-6-10-16(11-7-14)23-17-12-8-15(9-13-17)22-24(20,21)18-4-2-1-3-5-18/h1-13,19H. The zero-order chi connectivity index (χ0) is 17.0. The summed E-state index contributed by atoms with van der Waals surface area (Å²) >= 11 is 1.50. The molecule has 0 bridgehead atoms. The fourth-order valence-electron chi connectivity index (χ4n) is 1.98. The summed E-state index contributed by atoms with van der Waals surface area (Å²) in [6.07, 6.45) is 0. The van der Waals surface area contributed by atoms with Gasteiger partial charge < -0.3 is 9.29 Å². The van der Waals surface area contributed by atoms with Gasteiger partial charge in [-0.25, -0.2) is 0 Å². The Morgan fingerprint density at radius 1 is 0.750 bits per heavy atom. The lowest BCUT2D eigenvalue weighted by Gasteiger charge is -2.08. The molecule has 4 nitrogen and oxygen atoms in total. The molecule has 0 spiro atoms. The van der Waals surface area contributed by atoms with Crippen molar-refractivity contribution in [2.75, 3.05) is 0 Å². The number of hydrogen-bond donors (Lipinski definition) is 1. The molecule has 0 aliphatic heterocycles. The van der Waals surface area contributed by atoms with Gasteiger partial charge >= 0.3 is 10.1 Å². The zero-order valence-corrected chi connectivity index (χ0v) is 14.1. The second-order valence-corrected chi connectivity index (χ2v) is 7.61. The van der Waals surface area contributed by atoms with E-state index >= 15 is 0 Å². The Hall–Kier alpha value is -2.44. The van der Waals surface area contributed by atoms with E-state index in [1.54, 1.807) is 54.6 Å². The van der Waals surface area contributed by atoms with Crippen molar-refractivity contribution >= 4 is 21.9 Å². The molecule has 24 heavy (non-hydrogen) atoms. The molecule has 3 rings (SSSR count). The summed E-state index contributed by atoms with van der Waals surface area (Å²) in [4.78, 5) is 2.02. The number of hydrogen-bond acceptors (Lipinski definition) is 5. The summed E-state index contributed by atoms with van der Waals surface area (Å²) in [6, 6.07) is 21.7. The highest BCUT2D eigenvalue weighted by atomic mass is 32.2. The molecule has 0 saturated carbocycles. The minimum atomic E-state index is -3.82. The first-order valence-corrected chi connectivity index (χ1v) is 9.32. The van der Waals surface area contributed by atoms with Crippen molar-refractivity contribution < 1.29 is 17.7 Å². The van der Waals surface area contributed by atoms with Crippen LogP contribution >= 0.6 is 11.8 Å². The second-order valence-electron chi connectivity index (χ2n) is 4.92. The van der Waals surface area contributed by atoms with Crippen molar-refractivity contribution in [3.8, 4) is 11.5 Å². The summed E-state index contributed by atoms with van der Waals surface area (Å²) in [5.74, 6) is 0.475. The molecule has 0 radical (unpaired) electrons.